The second kappa shape index (κ2) is 8.01. The van der Waals surface area contributed by atoms with Crippen molar-refractivity contribution in [3.8, 4) is 17.2 Å². The lowest BCUT2D eigenvalue weighted by Crippen LogP contribution is -2.14. The monoisotopic (exact) mass is 373 g/mol. The van der Waals surface area contributed by atoms with Crippen molar-refractivity contribution in [1.82, 2.24) is 9.97 Å². The van der Waals surface area contributed by atoms with Gasteiger partial charge in [-0.25, -0.2) is 4.98 Å². The Kier molecular flexibility index (Phi) is 5.52. The van der Waals surface area contributed by atoms with E-state index in [1.54, 1.807) is 39.5 Å². The average Bonchev–Trinajstić information content (AvgIpc) is 3.08. The van der Waals surface area contributed by atoms with E-state index in [0.717, 1.165) is 16.8 Å². The fraction of sp³-hybridized carbons (Fsp3) is 0.222. The summed E-state index contributed by atoms with van der Waals surface area (Å²) in [5.41, 5.74) is 2.28. The zero-order chi connectivity index (χ0) is 18.5. The summed E-state index contributed by atoms with van der Waals surface area (Å²) in [7, 11) is 4.74. The molecule has 1 amide bonds. The summed E-state index contributed by atoms with van der Waals surface area (Å²) in [4.78, 5) is 19.9. The van der Waals surface area contributed by atoms with Gasteiger partial charge >= 0.3 is 0 Å². The molecule has 0 radical (unpaired) electrons. The Morgan fingerprint density at radius 2 is 1.81 bits per heavy atom. The highest BCUT2D eigenvalue weighted by Crippen LogP contribution is 2.29. The predicted octanol–water partition coefficient (Wildman–Crippen LogP) is 3.32. The molecule has 3 rings (SSSR count). The molecule has 0 saturated carbocycles. The third kappa shape index (κ3) is 4.02. The van der Waals surface area contributed by atoms with Gasteiger partial charge in [-0.05, 0) is 24.3 Å². The van der Waals surface area contributed by atoms with E-state index < -0.39 is 0 Å². The minimum absolute atomic E-state index is 0.156. The molecule has 0 fully saturated rings. The summed E-state index contributed by atoms with van der Waals surface area (Å²) >= 11 is 1.32. The summed E-state index contributed by atoms with van der Waals surface area (Å²) in [6, 6.07) is 10.8. The fourth-order valence-electron chi connectivity index (χ4n) is 2.38. The van der Waals surface area contributed by atoms with Gasteiger partial charge in [-0.3, -0.25) is 4.79 Å². The van der Waals surface area contributed by atoms with Crippen molar-refractivity contribution in [2.75, 3.05) is 32.4 Å². The van der Waals surface area contributed by atoms with E-state index in [-0.39, 0.29) is 11.7 Å². The maximum absolute atomic E-state index is 12.2. The Balaban J connectivity index is 1.64. The van der Waals surface area contributed by atoms with Crippen molar-refractivity contribution in [3.05, 3.63) is 36.4 Å². The highest BCUT2D eigenvalue weighted by atomic mass is 32.2. The Hall–Kier alpha value is -2.87. The summed E-state index contributed by atoms with van der Waals surface area (Å²) < 4.78 is 15.6. The van der Waals surface area contributed by atoms with Crippen LogP contribution in [0.15, 0.2) is 41.6 Å². The minimum atomic E-state index is -0.156. The fourth-order valence-corrected chi connectivity index (χ4v) is 3.07. The van der Waals surface area contributed by atoms with Crippen LogP contribution in [0.2, 0.25) is 0 Å². The van der Waals surface area contributed by atoms with Crippen molar-refractivity contribution in [3.63, 3.8) is 0 Å². The van der Waals surface area contributed by atoms with Crippen LogP contribution in [0.3, 0.4) is 0 Å². The van der Waals surface area contributed by atoms with Gasteiger partial charge in [0.25, 0.3) is 0 Å². The van der Waals surface area contributed by atoms with Crippen LogP contribution >= 0.6 is 11.8 Å². The van der Waals surface area contributed by atoms with Crippen molar-refractivity contribution in [1.29, 1.82) is 0 Å². The second-order valence-electron chi connectivity index (χ2n) is 5.33. The molecular weight excluding hydrogens is 354 g/mol. The average molecular weight is 373 g/mol. The van der Waals surface area contributed by atoms with Gasteiger partial charge in [0.1, 0.15) is 17.2 Å². The largest absolute Gasteiger partial charge is 0.497 e. The number of hydrogen-bond acceptors (Lipinski definition) is 6. The van der Waals surface area contributed by atoms with Crippen LogP contribution in [0, 0.1) is 0 Å². The zero-order valence-corrected chi connectivity index (χ0v) is 15.5. The molecule has 1 heterocycles. The number of methoxy groups -OCH3 is 3. The normalized spacial score (nSPS) is 10.6. The number of nitrogens with zero attached hydrogens (tertiary/aromatic N) is 1. The van der Waals surface area contributed by atoms with Gasteiger partial charge in [0.2, 0.25) is 5.91 Å². The lowest BCUT2D eigenvalue weighted by atomic mass is 10.2. The Labute approximate surface area is 155 Å². The summed E-state index contributed by atoms with van der Waals surface area (Å²) in [6.45, 7) is 0. The molecule has 26 heavy (non-hydrogen) atoms. The van der Waals surface area contributed by atoms with Gasteiger partial charge in [-0.15, -0.1) is 0 Å². The maximum Gasteiger partial charge on any atom is 0.234 e. The molecular formula is C18H19N3O4S. The van der Waals surface area contributed by atoms with Crippen LogP contribution in [0.5, 0.6) is 17.2 Å². The third-order valence-corrected chi connectivity index (χ3v) is 4.56. The van der Waals surface area contributed by atoms with Crippen LogP contribution in [-0.2, 0) is 4.79 Å². The molecule has 0 unspecified atom stereocenters. The Morgan fingerprint density at radius 1 is 1.08 bits per heavy atom. The van der Waals surface area contributed by atoms with Crippen LogP contribution in [0.1, 0.15) is 0 Å². The van der Waals surface area contributed by atoms with Gasteiger partial charge in [-0.1, -0.05) is 11.8 Å². The van der Waals surface area contributed by atoms with E-state index in [1.807, 2.05) is 18.2 Å². The topological polar surface area (TPSA) is 85.5 Å². The number of aromatic nitrogens is 2. The van der Waals surface area contributed by atoms with Gasteiger partial charge in [0, 0.05) is 12.1 Å². The van der Waals surface area contributed by atoms with E-state index in [9.17, 15) is 4.79 Å². The number of hydrogen-bond donors (Lipinski definition) is 2. The van der Waals surface area contributed by atoms with Crippen molar-refractivity contribution >= 4 is 34.4 Å². The number of anilines is 1. The zero-order valence-electron chi connectivity index (χ0n) is 14.7. The molecule has 3 aromatic rings. The summed E-state index contributed by atoms with van der Waals surface area (Å²) in [6.07, 6.45) is 0. The number of nitrogens with one attached hydrogen (secondary N) is 2. The molecule has 0 saturated heterocycles. The number of fused-ring (bicyclic) bond motifs is 1. The lowest BCUT2D eigenvalue weighted by molar-refractivity contribution is -0.113. The maximum atomic E-state index is 12.2. The Bertz CT molecular complexity index is 926. The summed E-state index contributed by atoms with van der Waals surface area (Å²) in [5, 5.41) is 3.50. The van der Waals surface area contributed by atoms with Gasteiger partial charge in [0.05, 0.1) is 43.8 Å². The lowest BCUT2D eigenvalue weighted by Gasteiger charge is -2.11. The molecule has 2 aromatic carbocycles. The molecule has 2 N–H and O–H groups in total. The highest BCUT2D eigenvalue weighted by Gasteiger charge is 2.11. The van der Waals surface area contributed by atoms with E-state index in [0.29, 0.717) is 22.3 Å². The molecule has 136 valence electrons. The van der Waals surface area contributed by atoms with Crippen LogP contribution < -0.4 is 19.5 Å². The van der Waals surface area contributed by atoms with Crippen LogP contribution in [0.25, 0.3) is 11.0 Å². The highest BCUT2D eigenvalue weighted by molar-refractivity contribution is 7.99. The minimum Gasteiger partial charge on any atom is -0.497 e. The number of thioether (sulfide) groups is 1. The number of ether oxygens (including phenoxy) is 3. The van der Waals surface area contributed by atoms with Gasteiger partial charge in [0.15, 0.2) is 5.16 Å². The first-order chi connectivity index (χ1) is 12.6. The molecule has 0 spiro atoms. The van der Waals surface area contributed by atoms with E-state index in [1.165, 1.54) is 11.8 Å². The van der Waals surface area contributed by atoms with Gasteiger partial charge in [-0.2, -0.15) is 0 Å². The molecule has 8 heteroatoms. The molecule has 0 aliphatic carbocycles. The first-order valence-electron chi connectivity index (χ1n) is 7.81. The predicted molar refractivity (Wildman–Crippen MR) is 102 cm³/mol. The molecule has 7 nitrogen and oxygen atoms in total. The first kappa shape index (κ1) is 17.9. The first-order valence-corrected chi connectivity index (χ1v) is 8.80. The van der Waals surface area contributed by atoms with Gasteiger partial charge < -0.3 is 24.5 Å². The smallest absolute Gasteiger partial charge is 0.234 e. The molecule has 0 atom stereocenters. The molecule has 0 bridgehead atoms. The quantitative estimate of drug-likeness (QED) is 0.618. The Morgan fingerprint density at radius 3 is 2.54 bits per heavy atom. The number of imidazole rings is 1. The number of benzene rings is 2. The number of aromatic amines is 1. The van der Waals surface area contributed by atoms with E-state index >= 15 is 0 Å². The number of H-pyrrole nitrogens is 1. The second-order valence-corrected chi connectivity index (χ2v) is 6.29. The van der Waals surface area contributed by atoms with Crippen molar-refractivity contribution in [2.45, 2.75) is 5.16 Å². The van der Waals surface area contributed by atoms with E-state index in [2.05, 4.69) is 15.3 Å². The standard InChI is InChI=1S/C18H19N3O4S/c1-23-11-4-6-13-15(8-11)21-18(20-13)26-10-17(22)19-14-7-5-12(24-2)9-16(14)25-3/h4-9H,10H2,1-3H3,(H,19,22)(H,20,21). The SMILES string of the molecule is COc1ccc(NC(=O)CSc2nc3ccc(OC)cc3[nH]2)c(OC)c1. The number of carbonyl (C=O) groups excluding carboxylic acids is 1. The van der Waals surface area contributed by atoms with Crippen LogP contribution in [0.4, 0.5) is 5.69 Å². The number of rotatable bonds is 7. The number of amides is 1. The van der Waals surface area contributed by atoms with Crippen molar-refractivity contribution < 1.29 is 19.0 Å². The molecule has 0 aliphatic rings. The van der Waals surface area contributed by atoms with Crippen LogP contribution in [-0.4, -0.2) is 43.0 Å². The molecule has 1 aromatic heterocycles. The van der Waals surface area contributed by atoms with Crippen molar-refractivity contribution in [2.24, 2.45) is 0 Å². The summed E-state index contributed by atoms with van der Waals surface area (Å²) in [5.74, 6) is 2.01. The number of carbonyl (C=O) groups is 1. The third-order valence-electron chi connectivity index (χ3n) is 3.69. The van der Waals surface area contributed by atoms with E-state index in [4.69, 9.17) is 14.2 Å². The molecule has 0 aliphatic heterocycles.